The molecule has 0 saturated carbocycles. The lowest BCUT2D eigenvalue weighted by Crippen LogP contribution is -2.46. The molecule has 1 aromatic carbocycles. The predicted molar refractivity (Wildman–Crippen MR) is 62.5 cm³/mol. The van der Waals surface area contributed by atoms with Crippen LogP contribution >= 0.6 is 0 Å². The van der Waals surface area contributed by atoms with Crippen LogP contribution in [0.5, 0.6) is 0 Å². The Balaban J connectivity index is 2.37. The van der Waals surface area contributed by atoms with E-state index >= 15 is 0 Å². The first-order valence-corrected chi connectivity index (χ1v) is 5.40. The number of carbonyl (C=O) groups is 2. The van der Waals surface area contributed by atoms with E-state index in [4.69, 9.17) is 4.74 Å². The van der Waals surface area contributed by atoms with Gasteiger partial charge < -0.3 is 10.1 Å². The van der Waals surface area contributed by atoms with Crippen LogP contribution in [0.2, 0.25) is 0 Å². The number of morpholine rings is 1. The number of para-hydroxylation sites is 1. The summed E-state index contributed by atoms with van der Waals surface area (Å²) in [5, 5.41) is 3.01. The Bertz CT molecular complexity index is 429. The monoisotopic (exact) mass is 234 g/mol. The summed E-state index contributed by atoms with van der Waals surface area (Å²) in [4.78, 5) is 24.6. The van der Waals surface area contributed by atoms with E-state index in [1.54, 1.807) is 6.07 Å². The first-order chi connectivity index (χ1) is 8.24. The second kappa shape index (κ2) is 5.07. The number of anilines is 1. The largest absolute Gasteiger partial charge is 0.362 e. The van der Waals surface area contributed by atoms with Crippen LogP contribution < -0.4 is 10.2 Å². The van der Waals surface area contributed by atoms with Gasteiger partial charge in [0.15, 0.2) is 0 Å². The smallest absolute Gasteiger partial charge is 0.259 e. The molecule has 1 saturated heterocycles. The fourth-order valence-electron chi connectivity index (χ4n) is 1.83. The van der Waals surface area contributed by atoms with Crippen molar-refractivity contribution in [2.45, 2.75) is 6.54 Å². The van der Waals surface area contributed by atoms with Gasteiger partial charge in [-0.1, -0.05) is 18.2 Å². The Labute approximate surface area is 99.4 Å². The van der Waals surface area contributed by atoms with Crippen molar-refractivity contribution in [3.63, 3.8) is 0 Å². The Morgan fingerprint density at radius 1 is 1.24 bits per heavy atom. The van der Waals surface area contributed by atoms with Gasteiger partial charge in [0.1, 0.15) is 13.2 Å². The number of carbonyl (C=O) groups excluding carboxylic acids is 2. The molecule has 90 valence electrons. The molecule has 0 spiro atoms. The van der Waals surface area contributed by atoms with Crippen molar-refractivity contribution in [1.29, 1.82) is 0 Å². The van der Waals surface area contributed by atoms with Crippen LogP contribution in [0, 0.1) is 0 Å². The molecule has 5 heteroatoms. The van der Waals surface area contributed by atoms with Crippen LogP contribution in [0.25, 0.3) is 0 Å². The van der Waals surface area contributed by atoms with Crippen LogP contribution in [0.3, 0.4) is 0 Å². The summed E-state index contributed by atoms with van der Waals surface area (Å²) in [5.74, 6) is -0.630. The Morgan fingerprint density at radius 3 is 2.53 bits per heavy atom. The van der Waals surface area contributed by atoms with Crippen molar-refractivity contribution < 1.29 is 14.3 Å². The molecule has 1 aliphatic heterocycles. The molecular formula is C12H14N2O3. The van der Waals surface area contributed by atoms with Crippen LogP contribution in [0.15, 0.2) is 24.3 Å². The quantitative estimate of drug-likeness (QED) is 0.764. The molecule has 0 aromatic heterocycles. The molecule has 0 aliphatic carbocycles. The number of nitrogens with one attached hydrogen (secondary N) is 1. The summed E-state index contributed by atoms with van der Waals surface area (Å²) in [6, 6.07) is 7.35. The molecule has 2 amide bonds. The third kappa shape index (κ3) is 2.35. The minimum absolute atomic E-state index is 0.0420. The molecule has 1 aliphatic rings. The summed E-state index contributed by atoms with van der Waals surface area (Å²) in [6.45, 7) is 0.521. The number of benzene rings is 1. The molecule has 17 heavy (non-hydrogen) atoms. The number of nitrogens with zero attached hydrogens (tertiary/aromatic N) is 1. The van der Waals surface area contributed by atoms with Gasteiger partial charge in [-0.05, 0) is 18.7 Å². The van der Waals surface area contributed by atoms with E-state index in [0.29, 0.717) is 12.2 Å². The zero-order valence-electron chi connectivity index (χ0n) is 9.60. The minimum Gasteiger partial charge on any atom is -0.362 e. The van der Waals surface area contributed by atoms with Gasteiger partial charge in [-0.2, -0.15) is 0 Å². The van der Waals surface area contributed by atoms with E-state index in [0.717, 1.165) is 5.56 Å². The van der Waals surface area contributed by atoms with Gasteiger partial charge in [0, 0.05) is 6.54 Å². The predicted octanol–water partition coefficient (Wildman–Crippen LogP) is 0.296. The van der Waals surface area contributed by atoms with Gasteiger partial charge in [-0.3, -0.25) is 9.59 Å². The number of rotatable bonds is 3. The lowest BCUT2D eigenvalue weighted by atomic mass is 10.1. The zero-order valence-corrected chi connectivity index (χ0v) is 9.60. The van der Waals surface area contributed by atoms with Gasteiger partial charge in [0.05, 0.1) is 5.69 Å². The SMILES string of the molecule is CNCc1ccccc1N1C(=O)COCC1=O. The number of hydrogen-bond acceptors (Lipinski definition) is 4. The molecule has 0 radical (unpaired) electrons. The van der Waals surface area contributed by atoms with E-state index in [9.17, 15) is 9.59 Å². The summed E-state index contributed by atoms with van der Waals surface area (Å²) in [6.07, 6.45) is 0. The normalized spacial score (nSPS) is 16.4. The number of ether oxygens (including phenoxy) is 1. The van der Waals surface area contributed by atoms with E-state index < -0.39 is 0 Å². The average molecular weight is 234 g/mol. The maximum absolute atomic E-state index is 11.7. The van der Waals surface area contributed by atoms with Crippen LogP contribution in [0.1, 0.15) is 5.56 Å². The van der Waals surface area contributed by atoms with Crippen molar-refractivity contribution in [3.8, 4) is 0 Å². The Kier molecular flexibility index (Phi) is 3.51. The first-order valence-electron chi connectivity index (χ1n) is 5.40. The fraction of sp³-hybridized carbons (Fsp3) is 0.333. The zero-order chi connectivity index (χ0) is 12.3. The summed E-state index contributed by atoms with van der Waals surface area (Å²) >= 11 is 0. The van der Waals surface area contributed by atoms with Crippen molar-refractivity contribution in [3.05, 3.63) is 29.8 Å². The van der Waals surface area contributed by atoms with E-state index in [2.05, 4.69) is 5.32 Å². The van der Waals surface area contributed by atoms with Crippen molar-refractivity contribution in [2.24, 2.45) is 0 Å². The maximum atomic E-state index is 11.7. The lowest BCUT2D eigenvalue weighted by Gasteiger charge is -2.26. The third-order valence-corrected chi connectivity index (χ3v) is 2.55. The molecule has 1 aromatic rings. The average Bonchev–Trinajstić information content (AvgIpc) is 2.31. The maximum Gasteiger partial charge on any atom is 0.259 e. The molecule has 0 bridgehead atoms. The number of amides is 2. The fourth-order valence-corrected chi connectivity index (χ4v) is 1.83. The standard InChI is InChI=1S/C12H14N2O3/c1-13-6-9-4-2-3-5-10(9)14-11(15)7-17-8-12(14)16/h2-5,13H,6-8H2,1H3. The second-order valence-corrected chi connectivity index (χ2v) is 3.77. The highest BCUT2D eigenvalue weighted by atomic mass is 16.5. The molecule has 1 heterocycles. The molecule has 1 N–H and O–H groups in total. The lowest BCUT2D eigenvalue weighted by molar-refractivity contribution is -0.138. The van der Waals surface area contributed by atoms with E-state index in [1.807, 2.05) is 25.2 Å². The molecular weight excluding hydrogens is 220 g/mol. The van der Waals surface area contributed by atoms with Gasteiger partial charge in [0.25, 0.3) is 11.8 Å². The minimum atomic E-state index is -0.315. The second-order valence-electron chi connectivity index (χ2n) is 3.77. The van der Waals surface area contributed by atoms with Gasteiger partial charge in [-0.15, -0.1) is 0 Å². The Morgan fingerprint density at radius 2 is 1.88 bits per heavy atom. The van der Waals surface area contributed by atoms with Crippen LogP contribution in [0.4, 0.5) is 5.69 Å². The van der Waals surface area contributed by atoms with Crippen molar-refractivity contribution in [1.82, 2.24) is 5.32 Å². The third-order valence-electron chi connectivity index (χ3n) is 2.55. The first kappa shape index (κ1) is 11.8. The van der Waals surface area contributed by atoms with Gasteiger partial charge in [0.2, 0.25) is 0 Å². The van der Waals surface area contributed by atoms with Gasteiger partial charge in [-0.25, -0.2) is 4.90 Å². The highest BCUT2D eigenvalue weighted by molar-refractivity contribution is 6.17. The van der Waals surface area contributed by atoms with E-state index in [1.165, 1.54) is 4.90 Å². The summed E-state index contributed by atoms with van der Waals surface area (Å²) < 4.78 is 4.89. The summed E-state index contributed by atoms with van der Waals surface area (Å²) in [5.41, 5.74) is 1.55. The van der Waals surface area contributed by atoms with Crippen molar-refractivity contribution >= 4 is 17.5 Å². The highest BCUT2D eigenvalue weighted by Gasteiger charge is 2.29. The molecule has 1 fully saturated rings. The molecule has 2 rings (SSSR count). The highest BCUT2D eigenvalue weighted by Crippen LogP contribution is 2.22. The topological polar surface area (TPSA) is 58.6 Å². The molecule has 5 nitrogen and oxygen atoms in total. The number of hydrogen-bond donors (Lipinski definition) is 1. The molecule has 0 atom stereocenters. The van der Waals surface area contributed by atoms with Crippen LogP contribution in [-0.4, -0.2) is 32.1 Å². The number of imide groups is 1. The Hall–Kier alpha value is -1.72. The van der Waals surface area contributed by atoms with E-state index in [-0.39, 0.29) is 25.0 Å². The van der Waals surface area contributed by atoms with Gasteiger partial charge >= 0.3 is 0 Å². The van der Waals surface area contributed by atoms with Crippen LogP contribution in [-0.2, 0) is 20.9 Å². The summed E-state index contributed by atoms with van der Waals surface area (Å²) in [7, 11) is 1.82. The van der Waals surface area contributed by atoms with Crippen molar-refractivity contribution in [2.75, 3.05) is 25.2 Å². The molecule has 0 unspecified atom stereocenters.